The van der Waals surface area contributed by atoms with Crippen molar-refractivity contribution < 1.29 is 18.3 Å². The third-order valence-electron chi connectivity index (χ3n) is 3.14. The van der Waals surface area contributed by atoms with Crippen LogP contribution in [0.1, 0.15) is 5.56 Å². The average Bonchev–Trinajstić information content (AvgIpc) is 2.49. The molecule has 1 amide bonds. The van der Waals surface area contributed by atoms with Crippen molar-refractivity contribution >= 4 is 27.5 Å². The van der Waals surface area contributed by atoms with E-state index in [-0.39, 0.29) is 18.2 Å². The van der Waals surface area contributed by atoms with E-state index in [4.69, 9.17) is 0 Å². The van der Waals surface area contributed by atoms with Crippen LogP contribution in [0.4, 0.5) is 14.5 Å². The van der Waals surface area contributed by atoms with Crippen LogP contribution in [0.5, 0.6) is 5.75 Å². The summed E-state index contributed by atoms with van der Waals surface area (Å²) in [6, 6.07) is 13.8. The van der Waals surface area contributed by atoms with E-state index in [1.165, 1.54) is 12.1 Å². The number of rotatable bonds is 7. The second kappa shape index (κ2) is 8.75. The SMILES string of the molecule is CN(CC(=O)Nc1ccccc1Br)Cc1cccc(OC(F)F)c1. The van der Waals surface area contributed by atoms with Crippen molar-refractivity contribution in [2.45, 2.75) is 13.2 Å². The van der Waals surface area contributed by atoms with Crippen LogP contribution in [0.2, 0.25) is 0 Å². The van der Waals surface area contributed by atoms with Crippen LogP contribution in [0.25, 0.3) is 0 Å². The highest BCUT2D eigenvalue weighted by molar-refractivity contribution is 9.10. The molecular weight excluding hydrogens is 382 g/mol. The van der Waals surface area contributed by atoms with Gasteiger partial charge in [-0.05, 0) is 52.8 Å². The molecule has 0 spiro atoms. The van der Waals surface area contributed by atoms with Gasteiger partial charge in [0.15, 0.2) is 0 Å². The molecule has 0 bridgehead atoms. The van der Waals surface area contributed by atoms with Gasteiger partial charge in [-0.3, -0.25) is 9.69 Å². The molecule has 0 aliphatic carbocycles. The summed E-state index contributed by atoms with van der Waals surface area (Å²) >= 11 is 3.37. The zero-order valence-electron chi connectivity index (χ0n) is 13.0. The summed E-state index contributed by atoms with van der Waals surface area (Å²) in [7, 11) is 1.78. The Bertz CT molecular complexity index is 698. The second-order valence-corrected chi connectivity index (χ2v) is 6.08. The monoisotopic (exact) mass is 398 g/mol. The van der Waals surface area contributed by atoms with Crippen LogP contribution in [-0.4, -0.2) is 31.0 Å². The average molecular weight is 399 g/mol. The molecule has 24 heavy (non-hydrogen) atoms. The second-order valence-electron chi connectivity index (χ2n) is 5.23. The normalized spacial score (nSPS) is 10.9. The number of halogens is 3. The van der Waals surface area contributed by atoms with E-state index < -0.39 is 6.61 Å². The zero-order chi connectivity index (χ0) is 17.5. The molecule has 0 radical (unpaired) electrons. The standard InChI is InChI=1S/C17H17BrF2N2O2/c1-22(10-12-5-4-6-13(9-12)24-17(19)20)11-16(23)21-15-8-3-2-7-14(15)18/h2-9,17H,10-11H2,1H3,(H,21,23). The van der Waals surface area contributed by atoms with Crippen molar-refractivity contribution in [3.8, 4) is 5.75 Å². The van der Waals surface area contributed by atoms with Crippen LogP contribution in [0.3, 0.4) is 0 Å². The topological polar surface area (TPSA) is 41.6 Å². The van der Waals surface area contributed by atoms with E-state index in [0.717, 1.165) is 10.0 Å². The summed E-state index contributed by atoms with van der Waals surface area (Å²) in [5.41, 5.74) is 1.48. The van der Waals surface area contributed by atoms with Crippen LogP contribution in [-0.2, 0) is 11.3 Å². The highest BCUT2D eigenvalue weighted by Gasteiger charge is 2.10. The lowest BCUT2D eigenvalue weighted by molar-refractivity contribution is -0.117. The molecule has 0 heterocycles. The van der Waals surface area contributed by atoms with E-state index in [0.29, 0.717) is 12.2 Å². The maximum atomic E-state index is 12.2. The van der Waals surface area contributed by atoms with Crippen LogP contribution in [0.15, 0.2) is 53.0 Å². The molecule has 2 aromatic rings. The van der Waals surface area contributed by atoms with Crippen molar-refractivity contribution in [3.63, 3.8) is 0 Å². The Labute approximate surface area is 147 Å². The number of amides is 1. The highest BCUT2D eigenvalue weighted by atomic mass is 79.9. The Morgan fingerprint density at radius 3 is 2.71 bits per heavy atom. The molecule has 0 aliphatic rings. The Balaban J connectivity index is 1.89. The lowest BCUT2D eigenvalue weighted by Gasteiger charge is -2.17. The van der Waals surface area contributed by atoms with Crippen LogP contribution in [0, 0.1) is 0 Å². The molecule has 0 atom stereocenters. The number of hydrogen-bond acceptors (Lipinski definition) is 3. The van der Waals surface area contributed by atoms with Crippen molar-refractivity contribution in [1.29, 1.82) is 0 Å². The maximum absolute atomic E-state index is 12.2. The number of carbonyl (C=O) groups is 1. The van der Waals surface area contributed by atoms with Gasteiger partial charge in [-0.1, -0.05) is 24.3 Å². The van der Waals surface area contributed by atoms with Gasteiger partial charge in [-0.2, -0.15) is 8.78 Å². The summed E-state index contributed by atoms with van der Waals surface area (Å²) in [5.74, 6) is -0.0575. The van der Waals surface area contributed by atoms with Gasteiger partial charge >= 0.3 is 6.61 Å². The molecule has 0 aromatic heterocycles. The van der Waals surface area contributed by atoms with Gasteiger partial charge in [0.1, 0.15) is 5.75 Å². The molecule has 0 saturated carbocycles. The van der Waals surface area contributed by atoms with E-state index in [1.807, 2.05) is 18.2 Å². The summed E-state index contributed by atoms with van der Waals surface area (Å²) < 4.78 is 29.7. The van der Waals surface area contributed by atoms with Crippen molar-refractivity contribution in [1.82, 2.24) is 4.90 Å². The smallest absolute Gasteiger partial charge is 0.387 e. The number of hydrogen-bond donors (Lipinski definition) is 1. The molecule has 0 aliphatic heterocycles. The summed E-state index contributed by atoms with van der Waals surface area (Å²) in [5, 5.41) is 2.81. The van der Waals surface area contributed by atoms with E-state index in [2.05, 4.69) is 26.0 Å². The number of alkyl halides is 2. The van der Waals surface area contributed by atoms with Crippen molar-refractivity contribution in [3.05, 3.63) is 58.6 Å². The molecule has 0 fully saturated rings. The number of para-hydroxylation sites is 1. The lowest BCUT2D eigenvalue weighted by Crippen LogP contribution is -2.29. The third-order valence-corrected chi connectivity index (χ3v) is 3.83. The van der Waals surface area contributed by atoms with Gasteiger partial charge in [0.05, 0.1) is 12.2 Å². The third kappa shape index (κ3) is 5.90. The van der Waals surface area contributed by atoms with Gasteiger partial charge in [-0.15, -0.1) is 0 Å². The molecule has 0 unspecified atom stereocenters. The molecule has 1 N–H and O–H groups in total. The van der Waals surface area contributed by atoms with E-state index in [1.54, 1.807) is 30.1 Å². The van der Waals surface area contributed by atoms with Gasteiger partial charge in [0.25, 0.3) is 0 Å². The number of ether oxygens (including phenoxy) is 1. The Morgan fingerprint density at radius 2 is 2.00 bits per heavy atom. The lowest BCUT2D eigenvalue weighted by atomic mass is 10.2. The molecule has 2 aromatic carbocycles. The summed E-state index contributed by atoms with van der Waals surface area (Å²) in [6.07, 6.45) is 0. The quantitative estimate of drug-likeness (QED) is 0.762. The summed E-state index contributed by atoms with van der Waals surface area (Å²) in [4.78, 5) is 13.9. The number of anilines is 1. The van der Waals surface area contributed by atoms with E-state index >= 15 is 0 Å². The first-order valence-electron chi connectivity index (χ1n) is 7.20. The molecule has 128 valence electrons. The first-order chi connectivity index (χ1) is 11.4. The van der Waals surface area contributed by atoms with Gasteiger partial charge in [0, 0.05) is 11.0 Å². The fourth-order valence-corrected chi connectivity index (χ4v) is 2.57. The minimum Gasteiger partial charge on any atom is -0.435 e. The predicted molar refractivity (Wildman–Crippen MR) is 92.2 cm³/mol. The van der Waals surface area contributed by atoms with Gasteiger partial charge in [-0.25, -0.2) is 0 Å². The van der Waals surface area contributed by atoms with Crippen molar-refractivity contribution in [2.75, 3.05) is 18.9 Å². The number of likely N-dealkylation sites (N-methyl/N-ethyl adjacent to an activating group) is 1. The Hall–Kier alpha value is -1.99. The molecule has 7 heteroatoms. The summed E-state index contributed by atoms with van der Waals surface area (Å²) in [6.45, 7) is -2.25. The number of nitrogens with zero attached hydrogens (tertiary/aromatic N) is 1. The van der Waals surface area contributed by atoms with E-state index in [9.17, 15) is 13.6 Å². The first kappa shape index (κ1) is 18.4. The molecule has 2 rings (SSSR count). The molecular formula is C17H17BrF2N2O2. The number of benzene rings is 2. The Morgan fingerprint density at radius 1 is 1.25 bits per heavy atom. The number of nitrogens with one attached hydrogen (secondary N) is 1. The van der Waals surface area contributed by atoms with Crippen molar-refractivity contribution in [2.24, 2.45) is 0 Å². The molecule has 4 nitrogen and oxygen atoms in total. The fraction of sp³-hybridized carbons (Fsp3) is 0.235. The largest absolute Gasteiger partial charge is 0.435 e. The highest BCUT2D eigenvalue weighted by Crippen LogP contribution is 2.21. The minimum absolute atomic E-state index is 0.105. The minimum atomic E-state index is -2.85. The molecule has 0 saturated heterocycles. The zero-order valence-corrected chi connectivity index (χ0v) is 14.6. The maximum Gasteiger partial charge on any atom is 0.387 e. The predicted octanol–water partition coefficient (Wildman–Crippen LogP) is 4.12. The van der Waals surface area contributed by atoms with Gasteiger partial charge in [0.2, 0.25) is 5.91 Å². The first-order valence-corrected chi connectivity index (χ1v) is 8.00. The Kier molecular flexibility index (Phi) is 6.69. The number of carbonyl (C=O) groups excluding carboxylic acids is 1. The fourth-order valence-electron chi connectivity index (χ4n) is 2.19. The van der Waals surface area contributed by atoms with Crippen LogP contribution < -0.4 is 10.1 Å². The van der Waals surface area contributed by atoms with Crippen LogP contribution >= 0.6 is 15.9 Å². The van der Waals surface area contributed by atoms with Gasteiger partial charge < -0.3 is 10.1 Å².